The number of aromatic nitrogens is 1. The molecule has 2 aromatic rings. The third-order valence-corrected chi connectivity index (χ3v) is 4.69. The Morgan fingerprint density at radius 3 is 2.87 bits per heavy atom. The minimum absolute atomic E-state index is 0.00417. The van der Waals surface area contributed by atoms with E-state index in [0.717, 1.165) is 29.8 Å². The molecule has 0 fully saturated rings. The maximum atomic E-state index is 13.0. The Kier molecular flexibility index (Phi) is 3.52. The first-order chi connectivity index (χ1) is 11.2. The molecule has 0 bridgehead atoms. The average molecular weight is 308 g/mol. The second-order valence-electron chi connectivity index (χ2n) is 6.47. The SMILES string of the molecule is CC1CN(C(=O)C2Cc3cccnc3C2)Cc2ccccc2O1. The number of pyridine rings is 1. The van der Waals surface area contributed by atoms with Crippen LogP contribution in [0.3, 0.4) is 0 Å². The largest absolute Gasteiger partial charge is 0.489 e. The van der Waals surface area contributed by atoms with Crippen LogP contribution in [0.4, 0.5) is 0 Å². The Hall–Kier alpha value is -2.36. The number of para-hydroxylation sites is 1. The molecule has 4 rings (SSSR count). The minimum atomic E-state index is 0.00417. The van der Waals surface area contributed by atoms with Crippen LogP contribution in [0.15, 0.2) is 42.6 Å². The molecular formula is C19H20N2O2. The molecule has 1 aromatic carbocycles. The van der Waals surface area contributed by atoms with Crippen molar-refractivity contribution in [2.45, 2.75) is 32.4 Å². The van der Waals surface area contributed by atoms with Crippen LogP contribution in [-0.2, 0) is 24.2 Å². The van der Waals surface area contributed by atoms with E-state index in [1.165, 1.54) is 5.56 Å². The van der Waals surface area contributed by atoms with Crippen molar-refractivity contribution in [2.75, 3.05) is 6.54 Å². The van der Waals surface area contributed by atoms with Crippen molar-refractivity contribution in [3.63, 3.8) is 0 Å². The summed E-state index contributed by atoms with van der Waals surface area (Å²) < 4.78 is 5.96. The van der Waals surface area contributed by atoms with Crippen LogP contribution >= 0.6 is 0 Å². The van der Waals surface area contributed by atoms with Gasteiger partial charge < -0.3 is 9.64 Å². The van der Waals surface area contributed by atoms with Gasteiger partial charge in [-0.15, -0.1) is 0 Å². The van der Waals surface area contributed by atoms with E-state index in [9.17, 15) is 4.79 Å². The molecule has 0 saturated heterocycles. The average Bonchev–Trinajstić information content (AvgIpc) is 2.91. The number of amides is 1. The van der Waals surface area contributed by atoms with E-state index in [1.807, 2.05) is 48.4 Å². The van der Waals surface area contributed by atoms with Gasteiger partial charge in [0.2, 0.25) is 5.91 Å². The summed E-state index contributed by atoms with van der Waals surface area (Å²) in [4.78, 5) is 19.4. The summed E-state index contributed by atoms with van der Waals surface area (Å²) >= 11 is 0. The van der Waals surface area contributed by atoms with E-state index in [0.29, 0.717) is 13.1 Å². The molecule has 0 radical (unpaired) electrons. The fourth-order valence-corrected chi connectivity index (χ4v) is 3.60. The number of ether oxygens (including phenoxy) is 1. The molecule has 0 spiro atoms. The molecule has 0 N–H and O–H groups in total. The zero-order valence-corrected chi connectivity index (χ0v) is 13.2. The lowest BCUT2D eigenvalue weighted by Gasteiger charge is -2.25. The first-order valence-electron chi connectivity index (χ1n) is 8.17. The highest BCUT2D eigenvalue weighted by atomic mass is 16.5. The van der Waals surface area contributed by atoms with Gasteiger partial charge in [0.15, 0.2) is 0 Å². The molecule has 2 unspecified atom stereocenters. The van der Waals surface area contributed by atoms with Gasteiger partial charge in [0.1, 0.15) is 11.9 Å². The standard InChI is InChI=1S/C19H20N2O2/c1-13-11-21(12-15-5-2-3-7-18(15)23-13)19(22)16-9-14-6-4-8-20-17(14)10-16/h2-8,13,16H,9-12H2,1H3. The third kappa shape index (κ3) is 2.69. The van der Waals surface area contributed by atoms with E-state index in [-0.39, 0.29) is 17.9 Å². The minimum Gasteiger partial charge on any atom is -0.489 e. The number of rotatable bonds is 1. The molecule has 0 saturated carbocycles. The number of carbonyl (C=O) groups excluding carboxylic acids is 1. The molecule has 2 atom stereocenters. The van der Waals surface area contributed by atoms with Gasteiger partial charge in [-0.25, -0.2) is 0 Å². The van der Waals surface area contributed by atoms with Gasteiger partial charge in [0.25, 0.3) is 0 Å². The number of hydrogen-bond donors (Lipinski definition) is 0. The number of fused-ring (bicyclic) bond motifs is 2. The highest BCUT2D eigenvalue weighted by Crippen LogP contribution is 2.29. The second-order valence-corrected chi connectivity index (χ2v) is 6.47. The van der Waals surface area contributed by atoms with E-state index in [2.05, 4.69) is 11.1 Å². The Labute approximate surface area is 136 Å². The molecule has 2 aliphatic rings. The van der Waals surface area contributed by atoms with E-state index < -0.39 is 0 Å². The molecule has 2 heterocycles. The molecule has 1 aliphatic carbocycles. The fraction of sp³-hybridized carbons (Fsp3) is 0.368. The number of nitrogens with zero attached hydrogens (tertiary/aromatic N) is 2. The van der Waals surface area contributed by atoms with Crippen LogP contribution in [-0.4, -0.2) is 28.4 Å². The van der Waals surface area contributed by atoms with Gasteiger partial charge in [0.05, 0.1) is 6.54 Å². The summed E-state index contributed by atoms with van der Waals surface area (Å²) in [6, 6.07) is 12.0. The van der Waals surface area contributed by atoms with Crippen molar-refractivity contribution in [1.82, 2.24) is 9.88 Å². The summed E-state index contributed by atoms with van der Waals surface area (Å²) in [5, 5.41) is 0. The molecule has 23 heavy (non-hydrogen) atoms. The van der Waals surface area contributed by atoms with Crippen LogP contribution in [0.25, 0.3) is 0 Å². The van der Waals surface area contributed by atoms with E-state index in [4.69, 9.17) is 4.74 Å². The number of benzene rings is 1. The maximum absolute atomic E-state index is 13.0. The summed E-state index contributed by atoms with van der Waals surface area (Å²) in [7, 11) is 0. The normalized spacial score (nSPS) is 22.7. The van der Waals surface area contributed by atoms with Crippen molar-refractivity contribution in [3.05, 3.63) is 59.4 Å². The van der Waals surface area contributed by atoms with Gasteiger partial charge in [-0.3, -0.25) is 9.78 Å². The molecule has 4 heteroatoms. The molecule has 1 aromatic heterocycles. The molecule has 1 amide bonds. The quantitative estimate of drug-likeness (QED) is 0.813. The van der Waals surface area contributed by atoms with Gasteiger partial charge in [-0.2, -0.15) is 0 Å². The Morgan fingerprint density at radius 1 is 1.17 bits per heavy atom. The van der Waals surface area contributed by atoms with Crippen molar-refractivity contribution >= 4 is 5.91 Å². The molecule has 4 nitrogen and oxygen atoms in total. The Morgan fingerprint density at radius 2 is 2.00 bits per heavy atom. The molecular weight excluding hydrogens is 288 g/mol. The highest BCUT2D eigenvalue weighted by molar-refractivity contribution is 5.80. The topological polar surface area (TPSA) is 42.4 Å². The van der Waals surface area contributed by atoms with Crippen LogP contribution in [0.5, 0.6) is 5.75 Å². The van der Waals surface area contributed by atoms with Crippen molar-refractivity contribution in [3.8, 4) is 5.75 Å². The monoisotopic (exact) mass is 308 g/mol. The highest BCUT2D eigenvalue weighted by Gasteiger charge is 2.33. The van der Waals surface area contributed by atoms with Crippen molar-refractivity contribution in [1.29, 1.82) is 0 Å². The summed E-state index contributed by atoms with van der Waals surface area (Å²) in [6.07, 6.45) is 3.37. The van der Waals surface area contributed by atoms with Crippen LogP contribution in [0.2, 0.25) is 0 Å². The predicted molar refractivity (Wildman–Crippen MR) is 87.1 cm³/mol. The molecule has 118 valence electrons. The first-order valence-corrected chi connectivity index (χ1v) is 8.17. The summed E-state index contributed by atoms with van der Waals surface area (Å²) in [5.74, 6) is 1.12. The van der Waals surface area contributed by atoms with Gasteiger partial charge in [-0.1, -0.05) is 24.3 Å². The van der Waals surface area contributed by atoms with E-state index >= 15 is 0 Å². The smallest absolute Gasteiger partial charge is 0.226 e. The van der Waals surface area contributed by atoms with Crippen molar-refractivity contribution < 1.29 is 9.53 Å². The van der Waals surface area contributed by atoms with Gasteiger partial charge in [0, 0.05) is 36.3 Å². The zero-order chi connectivity index (χ0) is 15.8. The van der Waals surface area contributed by atoms with Crippen molar-refractivity contribution in [2.24, 2.45) is 5.92 Å². The maximum Gasteiger partial charge on any atom is 0.226 e. The van der Waals surface area contributed by atoms with Crippen LogP contribution in [0.1, 0.15) is 23.7 Å². The number of carbonyl (C=O) groups is 1. The Balaban J connectivity index is 1.55. The lowest BCUT2D eigenvalue weighted by molar-refractivity contribution is -0.136. The van der Waals surface area contributed by atoms with Crippen LogP contribution < -0.4 is 4.74 Å². The molecule has 1 aliphatic heterocycles. The Bertz CT molecular complexity index is 719. The lowest BCUT2D eigenvalue weighted by atomic mass is 10.0. The summed E-state index contributed by atoms with van der Waals surface area (Å²) in [6.45, 7) is 3.28. The fourth-order valence-electron chi connectivity index (χ4n) is 3.60. The third-order valence-electron chi connectivity index (χ3n) is 4.69. The lowest BCUT2D eigenvalue weighted by Crippen LogP contribution is -2.40. The van der Waals surface area contributed by atoms with Gasteiger partial charge >= 0.3 is 0 Å². The van der Waals surface area contributed by atoms with Gasteiger partial charge in [-0.05, 0) is 31.0 Å². The second kappa shape index (κ2) is 5.69. The predicted octanol–water partition coefficient (Wildman–Crippen LogP) is 2.61. The van der Waals surface area contributed by atoms with E-state index in [1.54, 1.807) is 0 Å². The zero-order valence-electron chi connectivity index (χ0n) is 13.2. The summed E-state index contributed by atoms with van der Waals surface area (Å²) in [5.41, 5.74) is 3.37. The first kappa shape index (κ1) is 14.2. The number of hydrogen-bond acceptors (Lipinski definition) is 3. The van der Waals surface area contributed by atoms with Crippen LogP contribution in [0, 0.1) is 5.92 Å².